The lowest BCUT2D eigenvalue weighted by atomic mass is 10.1. The standard InChI is InChI=1S/C13H13BrClN3/c1-8-2-3-9(6-11(8)15)13-17-16-12(7-14)18(13)10-4-5-10/h2-3,6,10H,4-5,7H2,1H3. The van der Waals surface area contributed by atoms with E-state index in [1.165, 1.54) is 12.8 Å². The molecule has 1 aliphatic carbocycles. The Labute approximate surface area is 119 Å². The van der Waals surface area contributed by atoms with Crippen molar-refractivity contribution in [2.75, 3.05) is 0 Å². The van der Waals surface area contributed by atoms with E-state index in [0.29, 0.717) is 6.04 Å². The number of alkyl halides is 1. The van der Waals surface area contributed by atoms with Gasteiger partial charge in [-0.15, -0.1) is 10.2 Å². The number of aromatic nitrogens is 3. The molecule has 0 radical (unpaired) electrons. The first-order valence-corrected chi connectivity index (χ1v) is 7.47. The minimum Gasteiger partial charge on any atom is -0.307 e. The van der Waals surface area contributed by atoms with Crippen LogP contribution in [0.1, 0.15) is 30.3 Å². The lowest BCUT2D eigenvalue weighted by Crippen LogP contribution is -2.01. The number of halogens is 2. The summed E-state index contributed by atoms with van der Waals surface area (Å²) in [5.41, 5.74) is 2.12. The molecule has 1 aliphatic rings. The minimum absolute atomic E-state index is 0.558. The summed E-state index contributed by atoms with van der Waals surface area (Å²) in [6.45, 7) is 2.00. The summed E-state index contributed by atoms with van der Waals surface area (Å²) < 4.78 is 2.23. The normalized spacial score (nSPS) is 15.1. The molecule has 0 atom stereocenters. The molecule has 1 fully saturated rings. The second kappa shape index (κ2) is 4.67. The zero-order chi connectivity index (χ0) is 12.7. The van der Waals surface area contributed by atoms with Gasteiger partial charge in [-0.2, -0.15) is 0 Å². The van der Waals surface area contributed by atoms with E-state index in [1.54, 1.807) is 0 Å². The second-order valence-electron chi connectivity index (χ2n) is 4.64. The van der Waals surface area contributed by atoms with Gasteiger partial charge >= 0.3 is 0 Å². The predicted molar refractivity (Wildman–Crippen MR) is 76.1 cm³/mol. The molecular weight excluding hydrogens is 314 g/mol. The highest BCUT2D eigenvalue weighted by atomic mass is 79.9. The first kappa shape index (κ1) is 12.2. The third-order valence-corrected chi connectivity index (χ3v) is 4.14. The number of aryl methyl sites for hydroxylation is 1. The first-order chi connectivity index (χ1) is 8.70. The molecule has 1 saturated carbocycles. The highest BCUT2D eigenvalue weighted by Gasteiger charge is 2.29. The van der Waals surface area contributed by atoms with Crippen molar-refractivity contribution < 1.29 is 0 Å². The Morgan fingerprint density at radius 2 is 2.17 bits per heavy atom. The number of rotatable bonds is 3. The third kappa shape index (κ3) is 2.08. The van der Waals surface area contributed by atoms with E-state index in [0.717, 1.165) is 33.1 Å². The lowest BCUT2D eigenvalue weighted by Gasteiger charge is -2.08. The molecule has 3 rings (SSSR count). The Morgan fingerprint density at radius 1 is 1.39 bits per heavy atom. The molecule has 2 aromatic rings. The van der Waals surface area contributed by atoms with E-state index >= 15 is 0 Å². The minimum atomic E-state index is 0.558. The van der Waals surface area contributed by atoms with Gasteiger partial charge in [-0.1, -0.05) is 39.7 Å². The highest BCUT2D eigenvalue weighted by molar-refractivity contribution is 9.08. The van der Waals surface area contributed by atoms with Crippen LogP contribution in [0.5, 0.6) is 0 Å². The lowest BCUT2D eigenvalue weighted by molar-refractivity contribution is 0.714. The average Bonchev–Trinajstić information content (AvgIpc) is 3.12. The molecular formula is C13H13BrClN3. The summed E-state index contributed by atoms with van der Waals surface area (Å²) in [6.07, 6.45) is 2.43. The van der Waals surface area contributed by atoms with Crippen LogP contribution in [0.3, 0.4) is 0 Å². The van der Waals surface area contributed by atoms with Crippen LogP contribution in [0.4, 0.5) is 0 Å². The number of hydrogen-bond donors (Lipinski definition) is 0. The Kier molecular flexibility index (Phi) is 3.16. The van der Waals surface area contributed by atoms with Gasteiger partial charge < -0.3 is 4.57 Å². The van der Waals surface area contributed by atoms with Crippen LogP contribution in [0.25, 0.3) is 11.4 Å². The molecule has 94 valence electrons. The molecule has 0 N–H and O–H groups in total. The molecule has 0 bridgehead atoms. The molecule has 1 aromatic carbocycles. The van der Waals surface area contributed by atoms with Crippen LogP contribution in [0, 0.1) is 6.92 Å². The maximum atomic E-state index is 6.19. The summed E-state index contributed by atoms with van der Waals surface area (Å²) in [5.74, 6) is 1.91. The number of nitrogens with zero attached hydrogens (tertiary/aromatic N) is 3. The van der Waals surface area contributed by atoms with Crippen molar-refractivity contribution in [2.24, 2.45) is 0 Å². The smallest absolute Gasteiger partial charge is 0.164 e. The van der Waals surface area contributed by atoms with Crippen molar-refractivity contribution >= 4 is 27.5 Å². The Bertz CT molecular complexity index is 590. The number of benzene rings is 1. The van der Waals surface area contributed by atoms with Crippen LogP contribution in [-0.2, 0) is 5.33 Å². The molecule has 0 unspecified atom stereocenters. The monoisotopic (exact) mass is 325 g/mol. The Morgan fingerprint density at radius 3 is 2.78 bits per heavy atom. The fourth-order valence-corrected chi connectivity index (χ4v) is 2.62. The molecule has 0 amide bonds. The van der Waals surface area contributed by atoms with Gasteiger partial charge in [0.25, 0.3) is 0 Å². The van der Waals surface area contributed by atoms with Gasteiger partial charge in [-0.25, -0.2) is 0 Å². The van der Waals surface area contributed by atoms with E-state index in [4.69, 9.17) is 11.6 Å². The fraction of sp³-hybridized carbons (Fsp3) is 0.385. The second-order valence-corrected chi connectivity index (χ2v) is 5.61. The van der Waals surface area contributed by atoms with Crippen molar-refractivity contribution in [3.8, 4) is 11.4 Å². The van der Waals surface area contributed by atoms with Crippen LogP contribution in [0.2, 0.25) is 5.02 Å². The van der Waals surface area contributed by atoms with Crippen molar-refractivity contribution in [3.05, 3.63) is 34.6 Å². The van der Waals surface area contributed by atoms with Gasteiger partial charge in [0.1, 0.15) is 5.82 Å². The zero-order valence-electron chi connectivity index (χ0n) is 10.0. The van der Waals surface area contributed by atoms with E-state index < -0.39 is 0 Å². The van der Waals surface area contributed by atoms with Gasteiger partial charge in [0.05, 0.1) is 5.33 Å². The first-order valence-electron chi connectivity index (χ1n) is 5.97. The van der Waals surface area contributed by atoms with Gasteiger partial charge in [0, 0.05) is 16.6 Å². The summed E-state index contributed by atoms with van der Waals surface area (Å²) in [7, 11) is 0. The van der Waals surface area contributed by atoms with Gasteiger partial charge in [0.15, 0.2) is 5.82 Å². The van der Waals surface area contributed by atoms with E-state index in [2.05, 4.69) is 36.8 Å². The van der Waals surface area contributed by atoms with Gasteiger partial charge in [-0.05, 0) is 31.4 Å². The summed E-state index contributed by atoms with van der Waals surface area (Å²) in [4.78, 5) is 0. The molecule has 0 spiro atoms. The third-order valence-electron chi connectivity index (χ3n) is 3.23. The predicted octanol–water partition coefficient (Wildman–Crippen LogP) is 4.14. The largest absolute Gasteiger partial charge is 0.307 e. The van der Waals surface area contributed by atoms with Gasteiger partial charge in [0.2, 0.25) is 0 Å². The SMILES string of the molecule is Cc1ccc(-c2nnc(CBr)n2C2CC2)cc1Cl. The zero-order valence-corrected chi connectivity index (χ0v) is 12.4. The summed E-state index contributed by atoms with van der Waals surface area (Å²) in [5, 5.41) is 10.1. The molecule has 3 nitrogen and oxygen atoms in total. The quantitative estimate of drug-likeness (QED) is 0.794. The maximum Gasteiger partial charge on any atom is 0.164 e. The molecule has 1 aromatic heterocycles. The molecule has 0 saturated heterocycles. The average molecular weight is 327 g/mol. The fourth-order valence-electron chi connectivity index (χ4n) is 2.06. The van der Waals surface area contributed by atoms with Crippen LogP contribution in [0.15, 0.2) is 18.2 Å². The molecule has 0 aliphatic heterocycles. The topological polar surface area (TPSA) is 30.7 Å². The van der Waals surface area contributed by atoms with Crippen LogP contribution < -0.4 is 0 Å². The van der Waals surface area contributed by atoms with E-state index in [-0.39, 0.29) is 0 Å². The Hall–Kier alpha value is -0.870. The van der Waals surface area contributed by atoms with Crippen LogP contribution >= 0.6 is 27.5 Å². The van der Waals surface area contributed by atoms with Crippen molar-refractivity contribution in [3.63, 3.8) is 0 Å². The summed E-state index contributed by atoms with van der Waals surface area (Å²) >= 11 is 9.65. The highest BCUT2D eigenvalue weighted by Crippen LogP contribution is 2.39. The van der Waals surface area contributed by atoms with Crippen molar-refractivity contribution in [2.45, 2.75) is 31.1 Å². The molecule has 1 heterocycles. The number of hydrogen-bond acceptors (Lipinski definition) is 2. The van der Waals surface area contributed by atoms with E-state index in [9.17, 15) is 0 Å². The van der Waals surface area contributed by atoms with Crippen molar-refractivity contribution in [1.82, 2.24) is 14.8 Å². The molecule has 5 heteroatoms. The Balaban J connectivity index is 2.10. The summed E-state index contributed by atoms with van der Waals surface area (Å²) in [6, 6.07) is 6.61. The van der Waals surface area contributed by atoms with Gasteiger partial charge in [-0.3, -0.25) is 0 Å². The molecule has 18 heavy (non-hydrogen) atoms. The van der Waals surface area contributed by atoms with Crippen LogP contribution in [-0.4, -0.2) is 14.8 Å². The maximum absolute atomic E-state index is 6.19. The van der Waals surface area contributed by atoms with E-state index in [1.807, 2.05) is 19.1 Å². The van der Waals surface area contributed by atoms with Crippen molar-refractivity contribution in [1.29, 1.82) is 0 Å².